The van der Waals surface area contributed by atoms with E-state index in [1.807, 2.05) is 0 Å². The van der Waals surface area contributed by atoms with Gasteiger partial charge in [0, 0.05) is 25.8 Å². The van der Waals surface area contributed by atoms with Crippen LogP contribution in [0.3, 0.4) is 0 Å². The number of aromatic nitrogens is 2. The van der Waals surface area contributed by atoms with Crippen LogP contribution in [0.1, 0.15) is 13.3 Å². The van der Waals surface area contributed by atoms with Crippen LogP contribution in [-0.4, -0.2) is 33.6 Å². The Morgan fingerprint density at radius 3 is 3.00 bits per heavy atom. The minimum absolute atomic E-state index is 0.376. The van der Waals surface area contributed by atoms with E-state index in [2.05, 4.69) is 5.10 Å². The second kappa shape index (κ2) is 5.72. The minimum atomic E-state index is -0.949. The maximum atomic E-state index is 10.7. The van der Waals surface area contributed by atoms with Gasteiger partial charge in [0.25, 0.3) is 0 Å². The predicted molar refractivity (Wildman–Crippen MR) is 54.9 cm³/mol. The van der Waals surface area contributed by atoms with Crippen molar-refractivity contribution in [2.75, 3.05) is 6.61 Å². The van der Waals surface area contributed by atoms with E-state index in [1.165, 1.54) is 6.20 Å². The molecule has 1 heterocycles. The number of hydrogen-bond acceptors (Lipinski definition) is 3. The number of carboxylic acids is 1. The van der Waals surface area contributed by atoms with Gasteiger partial charge in [0.2, 0.25) is 0 Å². The van der Waals surface area contributed by atoms with Crippen LogP contribution in [0.4, 0.5) is 0 Å². The molecule has 6 heteroatoms. The Kier molecular flexibility index (Phi) is 4.58. The van der Waals surface area contributed by atoms with Crippen LogP contribution >= 0.6 is 11.6 Å². The summed E-state index contributed by atoms with van der Waals surface area (Å²) in [5.41, 5.74) is 0. The van der Waals surface area contributed by atoms with Crippen molar-refractivity contribution in [2.45, 2.75) is 26.0 Å². The number of nitrogens with zero attached hydrogens (tertiary/aromatic N) is 2. The third kappa shape index (κ3) is 3.89. The highest BCUT2D eigenvalue weighted by Crippen LogP contribution is 2.07. The lowest BCUT2D eigenvalue weighted by atomic mass is 10.2. The average Bonchev–Trinajstić information content (AvgIpc) is 2.58. The summed E-state index contributed by atoms with van der Waals surface area (Å²) in [6.45, 7) is 2.63. The van der Waals surface area contributed by atoms with E-state index in [9.17, 15) is 4.79 Å². The first-order valence-electron chi connectivity index (χ1n) is 4.66. The minimum Gasteiger partial charge on any atom is -0.479 e. The molecule has 84 valence electrons. The second-order valence-electron chi connectivity index (χ2n) is 2.99. The summed E-state index contributed by atoms with van der Waals surface area (Å²) in [4.78, 5) is 10.7. The first-order chi connectivity index (χ1) is 7.13. The van der Waals surface area contributed by atoms with Crippen molar-refractivity contribution >= 4 is 17.6 Å². The molecule has 1 aromatic rings. The Hall–Kier alpha value is -1.07. The van der Waals surface area contributed by atoms with Gasteiger partial charge in [0.15, 0.2) is 6.10 Å². The Bertz CT molecular complexity index is 327. The monoisotopic (exact) mass is 232 g/mol. The molecule has 0 aromatic carbocycles. The summed E-state index contributed by atoms with van der Waals surface area (Å²) in [5, 5.41) is 13.3. The number of halogens is 1. The Balaban J connectivity index is 2.43. The quantitative estimate of drug-likeness (QED) is 0.806. The van der Waals surface area contributed by atoms with E-state index >= 15 is 0 Å². The fourth-order valence-corrected chi connectivity index (χ4v) is 1.35. The van der Waals surface area contributed by atoms with Crippen LogP contribution < -0.4 is 0 Å². The zero-order chi connectivity index (χ0) is 11.3. The molecule has 0 bridgehead atoms. The van der Waals surface area contributed by atoms with Crippen LogP contribution in [0.15, 0.2) is 12.4 Å². The van der Waals surface area contributed by atoms with Crippen molar-refractivity contribution in [1.82, 2.24) is 9.78 Å². The van der Waals surface area contributed by atoms with Crippen LogP contribution in [0.25, 0.3) is 0 Å². The van der Waals surface area contributed by atoms with Crippen molar-refractivity contribution in [3.8, 4) is 0 Å². The lowest BCUT2D eigenvalue weighted by molar-refractivity contribution is -0.150. The highest BCUT2D eigenvalue weighted by molar-refractivity contribution is 6.30. The van der Waals surface area contributed by atoms with Gasteiger partial charge in [0.1, 0.15) is 0 Å². The van der Waals surface area contributed by atoms with Crippen molar-refractivity contribution < 1.29 is 14.6 Å². The van der Waals surface area contributed by atoms with Gasteiger partial charge in [-0.3, -0.25) is 4.68 Å². The Labute approximate surface area is 92.6 Å². The van der Waals surface area contributed by atoms with Gasteiger partial charge in [-0.25, -0.2) is 4.79 Å². The van der Waals surface area contributed by atoms with Crippen molar-refractivity contribution in [3.63, 3.8) is 0 Å². The van der Waals surface area contributed by atoms with E-state index in [-0.39, 0.29) is 0 Å². The number of aliphatic carboxylic acids is 1. The summed E-state index contributed by atoms with van der Waals surface area (Å²) in [6.07, 6.45) is 2.75. The smallest absolute Gasteiger partial charge is 0.332 e. The zero-order valence-corrected chi connectivity index (χ0v) is 9.15. The standard InChI is InChI=1S/C9H13ClN2O3/c1-2-15-8(9(13)14)3-4-12-6-7(10)5-11-12/h5-6,8H,2-4H2,1H3,(H,13,14). The van der Waals surface area contributed by atoms with Crippen LogP contribution in [-0.2, 0) is 16.1 Å². The number of carboxylic acid groups (broad SMARTS) is 1. The molecule has 0 aliphatic rings. The Morgan fingerprint density at radius 1 is 1.80 bits per heavy atom. The number of ether oxygens (including phenoxy) is 1. The number of hydrogen-bond donors (Lipinski definition) is 1. The second-order valence-corrected chi connectivity index (χ2v) is 3.43. The highest BCUT2D eigenvalue weighted by atomic mass is 35.5. The molecule has 0 saturated carbocycles. The van der Waals surface area contributed by atoms with Gasteiger partial charge in [-0.1, -0.05) is 11.6 Å². The van der Waals surface area contributed by atoms with Crippen LogP contribution in [0.2, 0.25) is 5.02 Å². The van der Waals surface area contributed by atoms with Crippen LogP contribution in [0, 0.1) is 0 Å². The third-order valence-corrected chi connectivity index (χ3v) is 2.06. The van der Waals surface area contributed by atoms with E-state index < -0.39 is 12.1 Å². The van der Waals surface area contributed by atoms with Crippen molar-refractivity contribution in [2.24, 2.45) is 0 Å². The van der Waals surface area contributed by atoms with Gasteiger partial charge in [-0.15, -0.1) is 0 Å². The number of aryl methyl sites for hydroxylation is 1. The molecule has 15 heavy (non-hydrogen) atoms. The molecule has 0 saturated heterocycles. The molecular formula is C9H13ClN2O3. The van der Waals surface area contributed by atoms with Gasteiger partial charge in [-0.05, 0) is 6.92 Å². The molecule has 1 rings (SSSR count). The summed E-state index contributed by atoms with van der Waals surface area (Å²) < 4.78 is 6.65. The van der Waals surface area contributed by atoms with Gasteiger partial charge < -0.3 is 9.84 Å². The van der Waals surface area contributed by atoms with Crippen LogP contribution in [0.5, 0.6) is 0 Å². The van der Waals surface area contributed by atoms with Gasteiger partial charge >= 0.3 is 5.97 Å². The number of rotatable bonds is 6. The summed E-state index contributed by atoms with van der Waals surface area (Å²) in [6, 6.07) is 0. The molecule has 1 aromatic heterocycles. The van der Waals surface area contributed by atoms with E-state index in [1.54, 1.807) is 17.8 Å². The molecular weight excluding hydrogens is 220 g/mol. The molecule has 0 amide bonds. The van der Waals surface area contributed by atoms with E-state index in [0.29, 0.717) is 24.6 Å². The fourth-order valence-electron chi connectivity index (χ4n) is 1.19. The Morgan fingerprint density at radius 2 is 2.53 bits per heavy atom. The summed E-state index contributed by atoms with van der Waals surface area (Å²) in [7, 11) is 0. The lowest BCUT2D eigenvalue weighted by Crippen LogP contribution is -2.25. The maximum absolute atomic E-state index is 10.7. The molecule has 1 unspecified atom stereocenters. The molecule has 1 atom stereocenters. The summed E-state index contributed by atoms with van der Waals surface area (Å²) >= 11 is 5.67. The first kappa shape index (κ1) is 12.0. The molecule has 5 nitrogen and oxygen atoms in total. The lowest BCUT2D eigenvalue weighted by Gasteiger charge is -2.11. The van der Waals surface area contributed by atoms with Gasteiger partial charge in [-0.2, -0.15) is 5.10 Å². The molecule has 0 radical (unpaired) electrons. The fraction of sp³-hybridized carbons (Fsp3) is 0.556. The average molecular weight is 233 g/mol. The summed E-state index contributed by atoms with van der Waals surface area (Å²) in [5.74, 6) is -0.949. The largest absolute Gasteiger partial charge is 0.479 e. The van der Waals surface area contributed by atoms with E-state index in [4.69, 9.17) is 21.4 Å². The zero-order valence-electron chi connectivity index (χ0n) is 8.39. The normalized spacial score (nSPS) is 12.7. The maximum Gasteiger partial charge on any atom is 0.332 e. The third-order valence-electron chi connectivity index (χ3n) is 1.87. The molecule has 0 aliphatic carbocycles. The number of carbonyl (C=O) groups is 1. The molecule has 0 fully saturated rings. The van der Waals surface area contributed by atoms with Crippen molar-refractivity contribution in [1.29, 1.82) is 0 Å². The highest BCUT2D eigenvalue weighted by Gasteiger charge is 2.17. The van der Waals surface area contributed by atoms with E-state index in [0.717, 1.165) is 0 Å². The SMILES string of the molecule is CCOC(CCn1cc(Cl)cn1)C(=O)O. The molecule has 1 N–H and O–H groups in total. The topological polar surface area (TPSA) is 64.4 Å². The molecule has 0 aliphatic heterocycles. The van der Waals surface area contributed by atoms with Crippen molar-refractivity contribution in [3.05, 3.63) is 17.4 Å². The molecule has 0 spiro atoms. The first-order valence-corrected chi connectivity index (χ1v) is 5.03. The van der Waals surface area contributed by atoms with Gasteiger partial charge in [0.05, 0.1) is 11.2 Å². The predicted octanol–water partition coefficient (Wildman–Crippen LogP) is 1.42.